The van der Waals surface area contributed by atoms with Crippen molar-refractivity contribution in [3.63, 3.8) is 0 Å². The van der Waals surface area contributed by atoms with Crippen LogP contribution in [0, 0.1) is 5.92 Å². The van der Waals surface area contributed by atoms with Gasteiger partial charge in [0.15, 0.2) is 0 Å². The van der Waals surface area contributed by atoms with Gasteiger partial charge in [-0.25, -0.2) is 4.98 Å². The standard InChI is InChI=1S/C11H12N2O/c14-11(8-4-5-8)10-3-1-2-9-6-12-7-13(9)10/h1-3,6-8,11,14H,4-5H2. The number of hydrogen-bond donors (Lipinski definition) is 1. The number of nitrogens with zero attached hydrogens (tertiary/aromatic N) is 2. The Morgan fingerprint density at radius 3 is 3.07 bits per heavy atom. The second kappa shape index (κ2) is 2.82. The van der Waals surface area contributed by atoms with Crippen molar-refractivity contribution in [2.45, 2.75) is 18.9 Å². The smallest absolute Gasteiger partial charge is 0.0995 e. The molecule has 1 atom stereocenters. The summed E-state index contributed by atoms with van der Waals surface area (Å²) in [6.45, 7) is 0. The second-order valence-corrected chi connectivity index (χ2v) is 3.92. The Morgan fingerprint density at radius 1 is 1.43 bits per heavy atom. The van der Waals surface area contributed by atoms with Crippen molar-refractivity contribution in [2.24, 2.45) is 5.92 Å². The van der Waals surface area contributed by atoms with Crippen LogP contribution in [0.1, 0.15) is 24.6 Å². The largest absolute Gasteiger partial charge is 0.387 e. The lowest BCUT2D eigenvalue weighted by molar-refractivity contribution is 0.148. The van der Waals surface area contributed by atoms with Gasteiger partial charge in [0.25, 0.3) is 0 Å². The third kappa shape index (κ3) is 1.13. The lowest BCUT2D eigenvalue weighted by atomic mass is 10.1. The van der Waals surface area contributed by atoms with Gasteiger partial charge in [-0.2, -0.15) is 0 Å². The van der Waals surface area contributed by atoms with E-state index < -0.39 is 0 Å². The SMILES string of the molecule is OC(c1cccc2cncn12)C1CC1. The van der Waals surface area contributed by atoms with Crippen LogP contribution < -0.4 is 0 Å². The highest BCUT2D eigenvalue weighted by molar-refractivity contribution is 5.46. The highest BCUT2D eigenvalue weighted by Gasteiger charge is 2.31. The highest BCUT2D eigenvalue weighted by atomic mass is 16.3. The van der Waals surface area contributed by atoms with Crippen molar-refractivity contribution in [3.8, 4) is 0 Å². The van der Waals surface area contributed by atoms with Gasteiger partial charge in [-0.3, -0.25) is 0 Å². The van der Waals surface area contributed by atoms with Crippen LogP contribution in [0.3, 0.4) is 0 Å². The first-order chi connectivity index (χ1) is 6.86. The Balaban J connectivity index is 2.14. The van der Waals surface area contributed by atoms with Crippen LogP contribution in [-0.4, -0.2) is 14.5 Å². The normalized spacial score (nSPS) is 18.6. The van der Waals surface area contributed by atoms with Gasteiger partial charge in [0.2, 0.25) is 0 Å². The molecule has 2 aromatic rings. The zero-order valence-corrected chi connectivity index (χ0v) is 7.80. The zero-order valence-electron chi connectivity index (χ0n) is 7.80. The van der Waals surface area contributed by atoms with Crippen molar-refractivity contribution < 1.29 is 5.11 Å². The Labute approximate surface area is 82.0 Å². The maximum absolute atomic E-state index is 10.0. The quantitative estimate of drug-likeness (QED) is 0.780. The Morgan fingerprint density at radius 2 is 2.29 bits per heavy atom. The van der Waals surface area contributed by atoms with E-state index in [0.29, 0.717) is 5.92 Å². The average molecular weight is 188 g/mol. The predicted octanol–water partition coefficient (Wildman–Crippen LogP) is 1.78. The number of aromatic nitrogens is 2. The summed E-state index contributed by atoms with van der Waals surface area (Å²) in [6.07, 6.45) is 5.53. The van der Waals surface area contributed by atoms with Crippen LogP contribution in [0.5, 0.6) is 0 Å². The summed E-state index contributed by atoms with van der Waals surface area (Å²) in [4.78, 5) is 4.08. The zero-order chi connectivity index (χ0) is 9.54. The first-order valence-corrected chi connectivity index (χ1v) is 4.95. The fourth-order valence-electron chi connectivity index (χ4n) is 1.86. The molecule has 1 fully saturated rings. The van der Waals surface area contributed by atoms with Crippen LogP contribution in [0.15, 0.2) is 30.7 Å². The minimum atomic E-state index is -0.326. The molecule has 0 aromatic carbocycles. The molecule has 2 heterocycles. The number of fused-ring (bicyclic) bond motifs is 1. The minimum absolute atomic E-state index is 0.326. The number of rotatable bonds is 2. The Kier molecular flexibility index (Phi) is 1.61. The summed E-state index contributed by atoms with van der Waals surface area (Å²) < 4.78 is 1.96. The molecule has 3 rings (SSSR count). The van der Waals surface area contributed by atoms with Crippen molar-refractivity contribution >= 4 is 5.52 Å². The molecule has 0 aliphatic heterocycles. The Hall–Kier alpha value is -1.35. The van der Waals surface area contributed by atoms with E-state index in [-0.39, 0.29) is 6.10 Å². The van der Waals surface area contributed by atoms with Gasteiger partial charge in [0, 0.05) is 0 Å². The van der Waals surface area contributed by atoms with Crippen LogP contribution in [0.2, 0.25) is 0 Å². The second-order valence-electron chi connectivity index (χ2n) is 3.92. The number of imidazole rings is 1. The van der Waals surface area contributed by atoms with Crippen LogP contribution in [0.4, 0.5) is 0 Å². The molecule has 3 nitrogen and oxygen atoms in total. The predicted molar refractivity (Wildman–Crippen MR) is 52.9 cm³/mol. The molecule has 1 saturated carbocycles. The summed E-state index contributed by atoms with van der Waals surface area (Å²) in [5.41, 5.74) is 2.00. The number of pyridine rings is 1. The first kappa shape index (κ1) is 8.00. The fourth-order valence-corrected chi connectivity index (χ4v) is 1.86. The summed E-state index contributed by atoms with van der Waals surface area (Å²) in [5, 5.41) is 10.0. The van der Waals surface area contributed by atoms with E-state index >= 15 is 0 Å². The van der Waals surface area contributed by atoms with E-state index in [0.717, 1.165) is 24.1 Å². The molecular formula is C11H12N2O. The molecule has 0 amide bonds. The van der Waals surface area contributed by atoms with Gasteiger partial charge in [0.1, 0.15) is 0 Å². The molecule has 0 spiro atoms. The van der Waals surface area contributed by atoms with E-state index in [1.807, 2.05) is 28.8 Å². The average Bonchev–Trinajstić information content (AvgIpc) is 2.94. The molecule has 3 heteroatoms. The van der Waals surface area contributed by atoms with Gasteiger partial charge in [-0.1, -0.05) is 6.07 Å². The summed E-state index contributed by atoms with van der Waals surface area (Å²) in [7, 11) is 0. The van der Waals surface area contributed by atoms with Gasteiger partial charge < -0.3 is 9.51 Å². The van der Waals surface area contributed by atoms with E-state index in [1.54, 1.807) is 6.33 Å². The van der Waals surface area contributed by atoms with Crippen molar-refractivity contribution in [1.82, 2.24) is 9.38 Å². The van der Waals surface area contributed by atoms with Crippen molar-refractivity contribution in [2.75, 3.05) is 0 Å². The molecular weight excluding hydrogens is 176 g/mol. The maximum atomic E-state index is 10.0. The first-order valence-electron chi connectivity index (χ1n) is 4.95. The molecule has 1 aliphatic rings. The third-order valence-corrected chi connectivity index (χ3v) is 2.85. The lowest BCUT2D eigenvalue weighted by Gasteiger charge is -2.11. The summed E-state index contributed by atoms with van der Waals surface area (Å²) >= 11 is 0. The van der Waals surface area contributed by atoms with E-state index in [2.05, 4.69) is 4.98 Å². The van der Waals surface area contributed by atoms with Gasteiger partial charge in [-0.15, -0.1) is 0 Å². The fraction of sp³-hybridized carbons (Fsp3) is 0.364. The Bertz CT molecular complexity index is 459. The maximum Gasteiger partial charge on any atom is 0.0995 e. The molecule has 14 heavy (non-hydrogen) atoms. The highest BCUT2D eigenvalue weighted by Crippen LogP contribution is 2.40. The molecule has 1 N–H and O–H groups in total. The number of aliphatic hydroxyl groups excluding tert-OH is 1. The summed E-state index contributed by atoms with van der Waals surface area (Å²) in [6, 6.07) is 5.94. The van der Waals surface area contributed by atoms with E-state index in [9.17, 15) is 5.11 Å². The minimum Gasteiger partial charge on any atom is -0.387 e. The third-order valence-electron chi connectivity index (χ3n) is 2.85. The van der Waals surface area contributed by atoms with Crippen LogP contribution in [0.25, 0.3) is 5.52 Å². The summed E-state index contributed by atoms with van der Waals surface area (Å²) in [5.74, 6) is 0.461. The molecule has 1 aliphatic carbocycles. The van der Waals surface area contributed by atoms with Crippen LogP contribution >= 0.6 is 0 Å². The molecule has 1 unspecified atom stereocenters. The molecule has 72 valence electrons. The topological polar surface area (TPSA) is 37.5 Å². The van der Waals surface area contributed by atoms with Crippen molar-refractivity contribution in [1.29, 1.82) is 0 Å². The number of hydrogen-bond acceptors (Lipinski definition) is 2. The lowest BCUT2D eigenvalue weighted by Crippen LogP contribution is -2.05. The molecule has 2 aromatic heterocycles. The molecule has 0 bridgehead atoms. The van der Waals surface area contributed by atoms with E-state index in [4.69, 9.17) is 0 Å². The molecule has 0 radical (unpaired) electrons. The van der Waals surface area contributed by atoms with Gasteiger partial charge >= 0.3 is 0 Å². The van der Waals surface area contributed by atoms with Crippen molar-refractivity contribution in [3.05, 3.63) is 36.4 Å². The van der Waals surface area contributed by atoms with E-state index in [1.165, 1.54) is 0 Å². The van der Waals surface area contributed by atoms with Gasteiger partial charge in [-0.05, 0) is 30.9 Å². The number of aliphatic hydroxyl groups is 1. The van der Waals surface area contributed by atoms with Crippen LogP contribution in [-0.2, 0) is 0 Å². The molecule has 0 saturated heterocycles. The monoisotopic (exact) mass is 188 g/mol. The van der Waals surface area contributed by atoms with Gasteiger partial charge in [0.05, 0.1) is 29.8 Å².